The summed E-state index contributed by atoms with van der Waals surface area (Å²) >= 11 is 0. The van der Waals surface area contributed by atoms with Crippen molar-refractivity contribution in [3.05, 3.63) is 0 Å². The molecule has 2 heterocycles. The standard InChI is InChI=1S/C15H28N2O4S/c1-4-7-12-8-5-6-9-16(12)15(18)14-10-13(21-2)11-17(14)22(3,19)20/h12-14H,4-11H2,1-3H3/t12-,13+,14-/m1/s1. The van der Waals surface area contributed by atoms with Crippen LogP contribution in [0.2, 0.25) is 0 Å². The Balaban J connectivity index is 2.18. The lowest BCUT2D eigenvalue weighted by atomic mass is 9.97. The van der Waals surface area contributed by atoms with Crippen molar-refractivity contribution in [3.63, 3.8) is 0 Å². The first-order valence-electron chi connectivity index (χ1n) is 8.18. The summed E-state index contributed by atoms with van der Waals surface area (Å²) in [6.45, 7) is 3.14. The van der Waals surface area contributed by atoms with Gasteiger partial charge in [0.25, 0.3) is 0 Å². The summed E-state index contributed by atoms with van der Waals surface area (Å²) in [6, 6.07) is -0.341. The van der Waals surface area contributed by atoms with Crippen molar-refractivity contribution in [2.24, 2.45) is 0 Å². The van der Waals surface area contributed by atoms with Gasteiger partial charge in [0.2, 0.25) is 15.9 Å². The number of piperidine rings is 1. The van der Waals surface area contributed by atoms with E-state index in [9.17, 15) is 13.2 Å². The number of nitrogens with zero attached hydrogens (tertiary/aromatic N) is 2. The van der Waals surface area contributed by atoms with Crippen LogP contribution in [0.3, 0.4) is 0 Å². The average Bonchev–Trinajstić information content (AvgIpc) is 2.92. The topological polar surface area (TPSA) is 66.9 Å². The predicted octanol–water partition coefficient (Wildman–Crippen LogP) is 1.22. The van der Waals surface area contributed by atoms with Crippen molar-refractivity contribution in [1.82, 2.24) is 9.21 Å². The Hall–Kier alpha value is -0.660. The lowest BCUT2D eigenvalue weighted by Crippen LogP contribution is -2.52. The first kappa shape index (κ1) is 17.7. The van der Waals surface area contributed by atoms with Crippen LogP contribution in [0.25, 0.3) is 0 Å². The van der Waals surface area contributed by atoms with Gasteiger partial charge in [-0.2, -0.15) is 4.31 Å². The Labute approximate surface area is 133 Å². The molecule has 3 atom stereocenters. The van der Waals surface area contributed by atoms with E-state index in [4.69, 9.17) is 4.74 Å². The monoisotopic (exact) mass is 332 g/mol. The maximum atomic E-state index is 13.0. The molecule has 0 spiro atoms. The number of amides is 1. The number of hydrogen-bond acceptors (Lipinski definition) is 4. The van der Waals surface area contributed by atoms with E-state index in [1.165, 1.54) is 10.6 Å². The number of likely N-dealkylation sites (tertiary alicyclic amines) is 1. The highest BCUT2D eigenvalue weighted by atomic mass is 32.2. The zero-order valence-electron chi connectivity index (χ0n) is 13.8. The summed E-state index contributed by atoms with van der Waals surface area (Å²) in [5.74, 6) is -0.0388. The molecule has 1 amide bonds. The van der Waals surface area contributed by atoms with Gasteiger partial charge in [0.15, 0.2) is 0 Å². The molecule has 0 aliphatic carbocycles. The second-order valence-corrected chi connectivity index (χ2v) is 8.35. The van der Waals surface area contributed by atoms with Gasteiger partial charge in [-0.05, 0) is 25.7 Å². The van der Waals surface area contributed by atoms with Gasteiger partial charge in [0.05, 0.1) is 12.4 Å². The van der Waals surface area contributed by atoms with Crippen LogP contribution in [0.1, 0.15) is 45.4 Å². The van der Waals surface area contributed by atoms with E-state index in [0.29, 0.717) is 6.42 Å². The van der Waals surface area contributed by atoms with E-state index in [2.05, 4.69) is 6.92 Å². The smallest absolute Gasteiger partial charge is 0.241 e. The predicted molar refractivity (Wildman–Crippen MR) is 85.0 cm³/mol. The van der Waals surface area contributed by atoms with E-state index >= 15 is 0 Å². The Morgan fingerprint density at radius 3 is 2.64 bits per heavy atom. The third-order valence-electron chi connectivity index (χ3n) is 4.79. The zero-order chi connectivity index (χ0) is 16.3. The molecule has 128 valence electrons. The van der Waals surface area contributed by atoms with Crippen LogP contribution in [0.5, 0.6) is 0 Å². The molecule has 2 aliphatic heterocycles. The summed E-state index contributed by atoms with van der Waals surface area (Å²) in [4.78, 5) is 14.9. The molecule has 6 nitrogen and oxygen atoms in total. The Kier molecular flexibility index (Phi) is 5.85. The average molecular weight is 332 g/mol. The Morgan fingerprint density at radius 1 is 1.32 bits per heavy atom. The Morgan fingerprint density at radius 2 is 2.05 bits per heavy atom. The fraction of sp³-hybridized carbons (Fsp3) is 0.933. The highest BCUT2D eigenvalue weighted by Gasteiger charge is 2.44. The van der Waals surface area contributed by atoms with Gasteiger partial charge in [0, 0.05) is 32.7 Å². The molecule has 2 fully saturated rings. The van der Waals surface area contributed by atoms with Gasteiger partial charge in [0.1, 0.15) is 6.04 Å². The van der Waals surface area contributed by atoms with Gasteiger partial charge in [-0.1, -0.05) is 13.3 Å². The summed E-state index contributed by atoms with van der Waals surface area (Å²) < 4.78 is 30.6. The quantitative estimate of drug-likeness (QED) is 0.759. The zero-order valence-corrected chi connectivity index (χ0v) is 14.6. The molecule has 2 rings (SSSR count). The molecule has 0 saturated carbocycles. The van der Waals surface area contributed by atoms with Gasteiger partial charge in [-0.25, -0.2) is 8.42 Å². The van der Waals surface area contributed by atoms with E-state index in [1.807, 2.05) is 4.90 Å². The summed E-state index contributed by atoms with van der Waals surface area (Å²) in [7, 11) is -1.83. The van der Waals surface area contributed by atoms with Crippen LogP contribution in [0.4, 0.5) is 0 Å². The molecule has 7 heteroatoms. The Bertz CT molecular complexity index is 492. The maximum Gasteiger partial charge on any atom is 0.241 e. The number of carbonyl (C=O) groups excluding carboxylic acids is 1. The van der Waals surface area contributed by atoms with Gasteiger partial charge >= 0.3 is 0 Å². The van der Waals surface area contributed by atoms with Crippen molar-refractivity contribution in [2.75, 3.05) is 26.5 Å². The molecule has 2 aliphatic rings. The van der Waals surface area contributed by atoms with Crippen LogP contribution >= 0.6 is 0 Å². The minimum absolute atomic E-state index is 0.0388. The third-order valence-corrected chi connectivity index (χ3v) is 6.05. The molecule has 0 bridgehead atoms. The number of rotatable bonds is 5. The fourth-order valence-electron chi connectivity index (χ4n) is 3.65. The summed E-state index contributed by atoms with van der Waals surface area (Å²) in [6.07, 6.45) is 6.64. The highest BCUT2D eigenvalue weighted by Crippen LogP contribution is 2.28. The van der Waals surface area contributed by atoms with Crippen LogP contribution in [-0.2, 0) is 19.6 Å². The molecule has 0 aromatic heterocycles. The number of sulfonamides is 1. The van der Waals surface area contributed by atoms with Crippen molar-refractivity contribution in [3.8, 4) is 0 Å². The van der Waals surface area contributed by atoms with E-state index in [0.717, 1.165) is 38.6 Å². The normalized spacial score (nSPS) is 30.7. The SMILES string of the molecule is CCC[C@@H]1CCCCN1C(=O)[C@H]1C[C@H](OC)CN1S(C)(=O)=O. The first-order chi connectivity index (χ1) is 10.4. The molecule has 0 aromatic carbocycles. The minimum Gasteiger partial charge on any atom is -0.380 e. The number of ether oxygens (including phenoxy) is 1. The van der Waals surface area contributed by atoms with Crippen molar-refractivity contribution < 1.29 is 17.9 Å². The largest absolute Gasteiger partial charge is 0.380 e. The molecule has 0 N–H and O–H groups in total. The van der Waals surface area contributed by atoms with Crippen molar-refractivity contribution in [2.45, 2.75) is 63.6 Å². The molecule has 22 heavy (non-hydrogen) atoms. The summed E-state index contributed by atoms with van der Waals surface area (Å²) in [5.41, 5.74) is 0. The highest BCUT2D eigenvalue weighted by molar-refractivity contribution is 7.88. The van der Waals surface area contributed by atoms with Gasteiger partial charge in [-0.15, -0.1) is 0 Å². The minimum atomic E-state index is -3.40. The lowest BCUT2D eigenvalue weighted by molar-refractivity contribution is -0.138. The molecular weight excluding hydrogens is 304 g/mol. The number of carbonyl (C=O) groups is 1. The van der Waals surface area contributed by atoms with Gasteiger partial charge in [-0.3, -0.25) is 4.79 Å². The van der Waals surface area contributed by atoms with Gasteiger partial charge < -0.3 is 9.64 Å². The maximum absolute atomic E-state index is 13.0. The molecular formula is C15H28N2O4S. The first-order valence-corrected chi connectivity index (χ1v) is 10.0. The lowest BCUT2D eigenvalue weighted by Gasteiger charge is -2.38. The van der Waals surface area contributed by atoms with Crippen LogP contribution in [0.15, 0.2) is 0 Å². The van der Waals surface area contributed by atoms with Crippen LogP contribution in [0, 0.1) is 0 Å². The number of hydrogen-bond donors (Lipinski definition) is 0. The van der Waals surface area contributed by atoms with Crippen LogP contribution < -0.4 is 0 Å². The van der Waals surface area contributed by atoms with E-state index in [-0.39, 0.29) is 24.6 Å². The summed E-state index contributed by atoms with van der Waals surface area (Å²) in [5, 5.41) is 0. The van der Waals surface area contributed by atoms with E-state index in [1.54, 1.807) is 7.11 Å². The molecule has 2 saturated heterocycles. The van der Waals surface area contributed by atoms with Crippen molar-refractivity contribution >= 4 is 15.9 Å². The molecule has 0 radical (unpaired) electrons. The third kappa shape index (κ3) is 3.81. The van der Waals surface area contributed by atoms with Crippen LogP contribution in [-0.4, -0.2) is 68.2 Å². The fourth-order valence-corrected chi connectivity index (χ4v) is 4.72. The molecule has 0 unspecified atom stereocenters. The van der Waals surface area contributed by atoms with Crippen molar-refractivity contribution in [1.29, 1.82) is 0 Å². The molecule has 0 aromatic rings. The second-order valence-electron chi connectivity index (χ2n) is 6.41. The number of methoxy groups -OCH3 is 1. The van der Waals surface area contributed by atoms with E-state index < -0.39 is 16.1 Å². The second kappa shape index (κ2) is 7.27.